The molecule has 1 amide bonds. The number of benzene rings is 2. The first kappa shape index (κ1) is 19.5. The van der Waals surface area contributed by atoms with E-state index < -0.39 is 5.97 Å². The van der Waals surface area contributed by atoms with E-state index in [9.17, 15) is 9.59 Å². The number of carbonyl (C=O) groups excluding carboxylic acids is 2. The normalized spacial score (nSPS) is 10.5. The minimum Gasteiger partial charge on any atom is -0.482 e. The lowest BCUT2D eigenvalue weighted by molar-refractivity contribution is -0.149. The number of hydrogen-bond donors (Lipinski definition) is 1. The summed E-state index contributed by atoms with van der Waals surface area (Å²) in [5, 5.41) is 2.71. The van der Waals surface area contributed by atoms with Crippen molar-refractivity contribution < 1.29 is 19.1 Å². The summed E-state index contributed by atoms with van der Waals surface area (Å²) in [6.45, 7) is 7.41. The van der Waals surface area contributed by atoms with Crippen molar-refractivity contribution in [3.63, 3.8) is 0 Å². The van der Waals surface area contributed by atoms with Gasteiger partial charge in [0, 0.05) is 5.69 Å². The third-order valence-electron chi connectivity index (χ3n) is 4.01. The largest absolute Gasteiger partial charge is 0.482 e. The Hall–Kier alpha value is -2.82. The molecule has 0 saturated heterocycles. The van der Waals surface area contributed by atoms with Crippen LogP contribution in [0.15, 0.2) is 42.5 Å². The predicted molar refractivity (Wildman–Crippen MR) is 102 cm³/mol. The van der Waals surface area contributed by atoms with Crippen LogP contribution >= 0.6 is 0 Å². The van der Waals surface area contributed by atoms with E-state index in [4.69, 9.17) is 9.47 Å². The van der Waals surface area contributed by atoms with Gasteiger partial charge < -0.3 is 14.8 Å². The number of nitrogens with one attached hydrogen (secondary N) is 1. The summed E-state index contributed by atoms with van der Waals surface area (Å²) in [7, 11) is 0. The molecule has 1 N–H and O–H groups in total. The Morgan fingerprint density at radius 1 is 1.00 bits per heavy atom. The molecule has 5 heteroatoms. The molecule has 2 aromatic rings. The quantitative estimate of drug-likeness (QED) is 0.763. The van der Waals surface area contributed by atoms with E-state index >= 15 is 0 Å². The number of para-hydroxylation sites is 1. The molecule has 0 aromatic heterocycles. The molecular formula is C21H25NO4. The summed E-state index contributed by atoms with van der Waals surface area (Å²) in [5.41, 5.74) is 3.72. The van der Waals surface area contributed by atoms with E-state index in [1.807, 2.05) is 50.2 Å². The van der Waals surface area contributed by atoms with Crippen LogP contribution < -0.4 is 10.1 Å². The molecule has 0 atom stereocenters. The van der Waals surface area contributed by atoms with Crippen molar-refractivity contribution in [1.82, 2.24) is 0 Å². The van der Waals surface area contributed by atoms with Crippen LogP contribution in [0.1, 0.15) is 36.5 Å². The first-order valence-electron chi connectivity index (χ1n) is 8.61. The first-order chi connectivity index (χ1) is 12.4. The van der Waals surface area contributed by atoms with Gasteiger partial charge in [0.25, 0.3) is 5.91 Å². The van der Waals surface area contributed by atoms with Crippen LogP contribution in [0.25, 0.3) is 0 Å². The summed E-state index contributed by atoms with van der Waals surface area (Å²) in [6, 6.07) is 13.3. The highest BCUT2D eigenvalue weighted by Gasteiger charge is 2.11. The fraction of sp³-hybridized carbons (Fsp3) is 0.333. The molecule has 5 nitrogen and oxygen atoms in total. The Morgan fingerprint density at radius 2 is 1.73 bits per heavy atom. The van der Waals surface area contributed by atoms with Crippen LogP contribution in [0.2, 0.25) is 0 Å². The van der Waals surface area contributed by atoms with Crippen molar-refractivity contribution in [1.29, 1.82) is 0 Å². The first-order valence-corrected chi connectivity index (χ1v) is 8.61. The van der Waals surface area contributed by atoms with Crippen molar-refractivity contribution >= 4 is 17.6 Å². The summed E-state index contributed by atoms with van der Waals surface area (Å²) in [5.74, 6) is 0.0532. The number of hydrogen-bond acceptors (Lipinski definition) is 4. The smallest absolute Gasteiger partial charge is 0.344 e. The molecule has 0 aliphatic carbocycles. The fourth-order valence-electron chi connectivity index (χ4n) is 2.36. The number of aryl methyl sites for hydroxylation is 2. The lowest BCUT2D eigenvalue weighted by Crippen LogP contribution is -2.24. The molecular weight excluding hydrogens is 330 g/mol. The number of esters is 1. The van der Waals surface area contributed by atoms with E-state index in [0.29, 0.717) is 17.4 Å². The molecule has 0 aliphatic heterocycles. The highest BCUT2D eigenvalue weighted by atomic mass is 16.6. The van der Waals surface area contributed by atoms with Gasteiger partial charge in [-0.3, -0.25) is 4.79 Å². The van der Waals surface area contributed by atoms with Gasteiger partial charge in [0.05, 0.1) is 0 Å². The van der Waals surface area contributed by atoms with Crippen LogP contribution in [0.4, 0.5) is 5.69 Å². The molecule has 0 bridgehead atoms. The van der Waals surface area contributed by atoms with Gasteiger partial charge in [0.1, 0.15) is 5.75 Å². The Morgan fingerprint density at radius 3 is 2.42 bits per heavy atom. The van der Waals surface area contributed by atoms with E-state index in [2.05, 4.69) is 19.2 Å². The highest BCUT2D eigenvalue weighted by molar-refractivity contribution is 5.93. The van der Waals surface area contributed by atoms with Crippen molar-refractivity contribution in [2.75, 3.05) is 18.5 Å². The molecule has 0 aliphatic rings. The summed E-state index contributed by atoms with van der Waals surface area (Å²) in [6.07, 6.45) is 0. The number of anilines is 1. The van der Waals surface area contributed by atoms with Gasteiger partial charge in [-0.15, -0.1) is 0 Å². The second-order valence-electron chi connectivity index (χ2n) is 6.49. The minimum atomic E-state index is -0.584. The maximum absolute atomic E-state index is 11.9. The summed E-state index contributed by atoms with van der Waals surface area (Å²) < 4.78 is 10.5. The molecule has 138 valence electrons. The average molecular weight is 355 g/mol. The van der Waals surface area contributed by atoms with Crippen LogP contribution in [-0.2, 0) is 14.3 Å². The van der Waals surface area contributed by atoms with Crippen LogP contribution in [-0.4, -0.2) is 25.1 Å². The van der Waals surface area contributed by atoms with Gasteiger partial charge in [0.2, 0.25) is 0 Å². The summed E-state index contributed by atoms with van der Waals surface area (Å²) in [4.78, 5) is 23.7. The van der Waals surface area contributed by atoms with Crippen molar-refractivity contribution in [2.24, 2.45) is 0 Å². The monoisotopic (exact) mass is 355 g/mol. The SMILES string of the molecule is Cc1ccccc1NC(=O)COC(=O)COc1cc(C(C)C)ccc1C. The zero-order valence-corrected chi connectivity index (χ0v) is 15.7. The third-order valence-corrected chi connectivity index (χ3v) is 4.01. The average Bonchev–Trinajstić information content (AvgIpc) is 2.61. The Labute approximate surface area is 154 Å². The lowest BCUT2D eigenvalue weighted by atomic mass is 10.0. The van der Waals surface area contributed by atoms with E-state index in [0.717, 1.165) is 16.7 Å². The second kappa shape index (κ2) is 9.04. The van der Waals surface area contributed by atoms with Gasteiger partial charge in [-0.05, 0) is 48.6 Å². The topological polar surface area (TPSA) is 64.6 Å². The number of carbonyl (C=O) groups is 2. The lowest BCUT2D eigenvalue weighted by Gasteiger charge is -2.13. The molecule has 2 rings (SSSR count). The van der Waals surface area contributed by atoms with Gasteiger partial charge >= 0.3 is 5.97 Å². The zero-order valence-electron chi connectivity index (χ0n) is 15.7. The van der Waals surface area contributed by atoms with Gasteiger partial charge in [-0.1, -0.05) is 44.2 Å². The predicted octanol–water partition coefficient (Wildman–Crippen LogP) is 3.99. The molecule has 0 spiro atoms. The van der Waals surface area contributed by atoms with Crippen LogP contribution in [0, 0.1) is 13.8 Å². The highest BCUT2D eigenvalue weighted by Crippen LogP contribution is 2.24. The van der Waals surface area contributed by atoms with E-state index in [1.165, 1.54) is 0 Å². The van der Waals surface area contributed by atoms with Gasteiger partial charge in [-0.2, -0.15) is 0 Å². The fourth-order valence-corrected chi connectivity index (χ4v) is 2.36. The molecule has 0 heterocycles. The maximum Gasteiger partial charge on any atom is 0.344 e. The zero-order chi connectivity index (χ0) is 19.1. The van der Waals surface area contributed by atoms with Crippen LogP contribution in [0.3, 0.4) is 0 Å². The number of amides is 1. The molecule has 0 saturated carbocycles. The van der Waals surface area contributed by atoms with Crippen molar-refractivity contribution in [3.8, 4) is 5.75 Å². The van der Waals surface area contributed by atoms with Crippen molar-refractivity contribution in [2.45, 2.75) is 33.6 Å². The molecule has 0 radical (unpaired) electrons. The Balaban J connectivity index is 1.81. The third kappa shape index (κ3) is 5.62. The standard InChI is InChI=1S/C21H25NO4/c1-14(2)17-10-9-16(4)19(11-17)25-13-21(24)26-12-20(23)22-18-8-6-5-7-15(18)3/h5-11,14H,12-13H2,1-4H3,(H,22,23). The molecule has 26 heavy (non-hydrogen) atoms. The van der Waals surface area contributed by atoms with Crippen LogP contribution in [0.5, 0.6) is 5.75 Å². The maximum atomic E-state index is 11.9. The Kier molecular flexibility index (Phi) is 6.78. The summed E-state index contributed by atoms with van der Waals surface area (Å²) >= 11 is 0. The van der Waals surface area contributed by atoms with E-state index in [-0.39, 0.29) is 19.1 Å². The number of rotatable bonds is 7. The second-order valence-corrected chi connectivity index (χ2v) is 6.49. The molecule has 2 aromatic carbocycles. The van der Waals surface area contributed by atoms with Crippen molar-refractivity contribution in [3.05, 3.63) is 59.2 Å². The van der Waals surface area contributed by atoms with Gasteiger partial charge in [0.15, 0.2) is 13.2 Å². The Bertz CT molecular complexity index is 783. The van der Waals surface area contributed by atoms with Gasteiger partial charge in [-0.25, -0.2) is 4.79 Å². The van der Waals surface area contributed by atoms with E-state index in [1.54, 1.807) is 6.07 Å². The molecule has 0 fully saturated rings. The minimum absolute atomic E-state index is 0.236. The number of ether oxygens (including phenoxy) is 2. The molecule has 0 unspecified atom stereocenters.